The predicted octanol–water partition coefficient (Wildman–Crippen LogP) is 28.9. The summed E-state index contributed by atoms with van der Waals surface area (Å²) in [5.41, 5.74) is 31.3. The summed E-state index contributed by atoms with van der Waals surface area (Å²) in [7, 11) is 0. The van der Waals surface area contributed by atoms with Gasteiger partial charge in [0.2, 0.25) is 0 Å². The largest absolute Gasteiger partial charge is 0.309 e. The number of para-hydroxylation sites is 9. The van der Waals surface area contributed by atoms with E-state index >= 15 is 0 Å². The van der Waals surface area contributed by atoms with Gasteiger partial charge in [-0.15, -0.1) is 0 Å². The van der Waals surface area contributed by atoms with Crippen LogP contribution in [0, 0.1) is 11.3 Å². The lowest BCUT2D eigenvalue weighted by Crippen LogP contribution is -2.02. The third-order valence-corrected chi connectivity index (χ3v) is 25.2. The molecule has 566 valence electrons. The lowest BCUT2D eigenvalue weighted by atomic mass is 10.0. The van der Waals surface area contributed by atoms with Crippen molar-refractivity contribution < 1.29 is 0 Å². The van der Waals surface area contributed by atoms with Gasteiger partial charge in [0, 0.05) is 115 Å². The molecule has 9 heteroatoms. The van der Waals surface area contributed by atoms with Crippen LogP contribution in [0.3, 0.4) is 0 Å². The molecular weight excluding hydrogens is 1480 g/mol. The van der Waals surface area contributed by atoms with Crippen LogP contribution in [0.4, 0.5) is 0 Å². The molecule has 0 N–H and O–H groups in total. The molecular formula is C113H69N9. The van der Waals surface area contributed by atoms with Crippen LogP contribution in [-0.4, -0.2) is 37.4 Å². The minimum Gasteiger partial charge on any atom is -0.309 e. The number of nitriles is 1. The van der Waals surface area contributed by atoms with E-state index in [1.54, 1.807) is 0 Å². The zero-order valence-corrected chi connectivity index (χ0v) is 65.9. The van der Waals surface area contributed by atoms with E-state index in [2.05, 4.69) is 428 Å². The van der Waals surface area contributed by atoms with E-state index in [1.807, 2.05) is 24.3 Å². The molecule has 9 nitrogen and oxygen atoms in total. The standard InChI is InChI=1S/C113H69N9/c114-70-71-43-45-72(46-44-71)113-115-99(79-23-22-30-84(59-79)120-104-40-19-13-34-90(104)96-65-76(50-56-110(96)120)73-47-53-107-93(62-73)87-31-10-16-37-101(87)117(107)81-24-4-1-5-25-81)69-100(116-113)80-60-85(121-105-41-20-14-35-91(105)97-66-77(51-57-111(97)121)74-48-54-108-94(63-74)88-32-11-17-38-102(88)118(108)82-26-6-2-7-27-82)68-86(61-80)122-106-42-21-15-36-92(106)98-67-78(52-58-112(98)122)75-49-55-109-95(64-75)89-33-12-18-39-103(89)119(109)83-28-8-3-9-29-83/h1-69H. The van der Waals surface area contributed by atoms with E-state index in [4.69, 9.17) is 9.97 Å². The van der Waals surface area contributed by atoms with E-state index in [9.17, 15) is 5.26 Å². The Labute approximate surface area is 700 Å². The fourth-order valence-electron chi connectivity index (χ4n) is 19.7. The Hall–Kier alpha value is -16.7. The van der Waals surface area contributed by atoms with E-state index in [-0.39, 0.29) is 0 Å². The third-order valence-electron chi connectivity index (χ3n) is 25.2. The molecule has 0 amide bonds. The first-order valence-electron chi connectivity index (χ1n) is 41.5. The van der Waals surface area contributed by atoms with E-state index < -0.39 is 0 Å². The van der Waals surface area contributed by atoms with Gasteiger partial charge in [0.25, 0.3) is 0 Å². The Kier molecular flexibility index (Phi) is 15.3. The number of nitrogens with zero attached hydrogens (tertiary/aromatic N) is 9. The molecule has 122 heavy (non-hydrogen) atoms. The van der Waals surface area contributed by atoms with Gasteiger partial charge in [-0.1, -0.05) is 212 Å². The van der Waals surface area contributed by atoms with E-state index in [0.29, 0.717) is 11.4 Å². The summed E-state index contributed by atoms with van der Waals surface area (Å²) >= 11 is 0. The minimum atomic E-state index is 0.533. The summed E-state index contributed by atoms with van der Waals surface area (Å²) in [5.74, 6) is 0.533. The highest BCUT2D eigenvalue weighted by molar-refractivity contribution is 6.17. The first kappa shape index (κ1) is 68.5. The molecule has 7 aromatic heterocycles. The van der Waals surface area contributed by atoms with Gasteiger partial charge < -0.3 is 27.4 Å². The van der Waals surface area contributed by atoms with Crippen molar-refractivity contribution in [1.82, 2.24) is 37.4 Å². The Bertz CT molecular complexity index is 8410. The van der Waals surface area contributed by atoms with Crippen molar-refractivity contribution >= 4 is 131 Å². The molecule has 0 aliphatic heterocycles. The van der Waals surface area contributed by atoms with E-state index in [0.717, 1.165) is 172 Å². The molecule has 0 saturated carbocycles. The molecule has 0 atom stereocenters. The second-order valence-corrected chi connectivity index (χ2v) is 32.0. The number of benzene rings is 18. The second-order valence-electron chi connectivity index (χ2n) is 32.0. The molecule has 25 aromatic rings. The molecule has 7 heterocycles. The molecule has 0 unspecified atom stereocenters. The number of aromatic nitrogens is 8. The number of hydrogen-bond acceptors (Lipinski definition) is 3. The van der Waals surface area contributed by atoms with Gasteiger partial charge in [0.05, 0.1) is 89.2 Å². The van der Waals surface area contributed by atoms with Crippen LogP contribution in [0.15, 0.2) is 419 Å². The number of rotatable bonds is 12. The lowest BCUT2D eigenvalue weighted by Gasteiger charge is -2.17. The Morgan fingerprint density at radius 1 is 0.164 bits per heavy atom. The highest BCUT2D eigenvalue weighted by Gasteiger charge is 2.25. The van der Waals surface area contributed by atoms with Crippen molar-refractivity contribution in [2.75, 3.05) is 0 Å². The summed E-state index contributed by atoms with van der Waals surface area (Å²) in [6.45, 7) is 0. The number of hydrogen-bond donors (Lipinski definition) is 0. The number of fused-ring (bicyclic) bond motifs is 18. The van der Waals surface area contributed by atoms with Crippen LogP contribution in [0.25, 0.3) is 232 Å². The van der Waals surface area contributed by atoms with Crippen molar-refractivity contribution in [2.45, 2.75) is 0 Å². The Balaban J connectivity index is 0.669. The first-order valence-corrected chi connectivity index (χ1v) is 41.5. The molecule has 0 radical (unpaired) electrons. The van der Waals surface area contributed by atoms with E-state index in [1.165, 1.54) is 54.4 Å². The van der Waals surface area contributed by atoms with Gasteiger partial charge in [-0.3, -0.25) is 0 Å². The van der Waals surface area contributed by atoms with Crippen LogP contribution >= 0.6 is 0 Å². The predicted molar refractivity (Wildman–Crippen MR) is 505 cm³/mol. The Morgan fingerprint density at radius 2 is 0.410 bits per heavy atom. The molecule has 0 aliphatic rings. The fraction of sp³-hybridized carbons (Fsp3) is 0. The summed E-state index contributed by atoms with van der Waals surface area (Å²) < 4.78 is 14.4. The Morgan fingerprint density at radius 3 is 0.721 bits per heavy atom. The monoisotopic (exact) mass is 1550 g/mol. The molecule has 18 aromatic carbocycles. The smallest absolute Gasteiger partial charge is 0.160 e. The van der Waals surface area contributed by atoms with Crippen LogP contribution in [-0.2, 0) is 0 Å². The van der Waals surface area contributed by atoms with Gasteiger partial charge in [-0.25, -0.2) is 9.97 Å². The zero-order chi connectivity index (χ0) is 80.2. The molecule has 0 saturated heterocycles. The minimum absolute atomic E-state index is 0.533. The second kappa shape index (κ2) is 27.2. The highest BCUT2D eigenvalue weighted by atomic mass is 15.0. The lowest BCUT2D eigenvalue weighted by molar-refractivity contribution is 1.13. The normalized spacial score (nSPS) is 11.9. The van der Waals surface area contributed by atoms with Crippen LogP contribution < -0.4 is 0 Å². The molecule has 0 aliphatic carbocycles. The third kappa shape index (κ3) is 10.7. The zero-order valence-electron chi connectivity index (χ0n) is 65.9. The molecule has 0 bridgehead atoms. The van der Waals surface area contributed by atoms with Crippen molar-refractivity contribution in [3.63, 3.8) is 0 Å². The molecule has 0 spiro atoms. The quantitative estimate of drug-likeness (QED) is 0.122. The average molecular weight is 1550 g/mol. The maximum absolute atomic E-state index is 10.2. The van der Waals surface area contributed by atoms with Crippen molar-refractivity contribution in [2.24, 2.45) is 0 Å². The summed E-state index contributed by atoms with van der Waals surface area (Å²) in [4.78, 5) is 11.2. The molecule has 25 rings (SSSR count). The van der Waals surface area contributed by atoms with Gasteiger partial charge in [-0.2, -0.15) is 5.26 Å². The van der Waals surface area contributed by atoms with Crippen molar-refractivity contribution in [3.8, 4) is 107 Å². The van der Waals surface area contributed by atoms with Crippen LogP contribution in [0.2, 0.25) is 0 Å². The van der Waals surface area contributed by atoms with Gasteiger partial charge in [-0.05, 0) is 240 Å². The van der Waals surface area contributed by atoms with Gasteiger partial charge in [0.1, 0.15) is 0 Å². The van der Waals surface area contributed by atoms with Crippen molar-refractivity contribution in [1.29, 1.82) is 5.26 Å². The fourth-order valence-corrected chi connectivity index (χ4v) is 19.7. The first-order chi connectivity index (χ1) is 60.4. The van der Waals surface area contributed by atoms with Gasteiger partial charge >= 0.3 is 0 Å². The van der Waals surface area contributed by atoms with Crippen molar-refractivity contribution in [3.05, 3.63) is 424 Å². The SMILES string of the molecule is N#Cc1ccc(-c2nc(-c3cccc(-n4c5ccccc5c5cc(-c6ccc7c(c6)c6ccccc6n7-c6ccccc6)ccc54)c3)cc(-c3cc(-n4c5ccccc5c5cc(-c6ccc7c(c6)c6ccccc6n7-c6ccccc6)ccc54)cc(-n4c5ccccc5c5cc(-c6ccc7c(c6)c6ccccc6n7-c6ccccc6)ccc54)c3)n2)cc1. The topological polar surface area (TPSA) is 79.1 Å². The maximum atomic E-state index is 10.2. The maximum Gasteiger partial charge on any atom is 0.160 e. The average Bonchev–Trinajstić information content (AvgIpc) is 1.61. The molecule has 0 fully saturated rings. The van der Waals surface area contributed by atoms with Crippen LogP contribution in [0.1, 0.15) is 5.56 Å². The summed E-state index contributed by atoms with van der Waals surface area (Å²) in [6.07, 6.45) is 0. The summed E-state index contributed by atoms with van der Waals surface area (Å²) in [6, 6.07) is 154. The highest BCUT2D eigenvalue weighted by Crippen LogP contribution is 2.46. The summed E-state index contributed by atoms with van der Waals surface area (Å²) in [5, 5.41) is 24.4. The van der Waals surface area contributed by atoms with Gasteiger partial charge in [0.15, 0.2) is 5.82 Å². The van der Waals surface area contributed by atoms with Crippen LogP contribution in [0.5, 0.6) is 0 Å².